The maximum Gasteiger partial charge on any atom is 0.308 e. The summed E-state index contributed by atoms with van der Waals surface area (Å²) in [4.78, 5) is 28.4. The third-order valence-corrected chi connectivity index (χ3v) is 3.14. The molecule has 0 radical (unpaired) electrons. The number of carboxylic acids is 1. The van der Waals surface area contributed by atoms with E-state index in [1.165, 1.54) is 6.20 Å². The number of ether oxygens (including phenoxy) is 1. The predicted molar refractivity (Wildman–Crippen MR) is 66.6 cm³/mol. The topological polar surface area (TPSA) is 79.7 Å². The molecule has 0 spiro atoms. The molecule has 1 saturated heterocycles. The van der Waals surface area contributed by atoms with E-state index in [4.69, 9.17) is 9.84 Å². The van der Waals surface area contributed by atoms with Crippen LogP contribution in [0.1, 0.15) is 13.3 Å². The number of carbonyl (C=O) groups is 2. The maximum atomic E-state index is 12.1. The van der Waals surface area contributed by atoms with Gasteiger partial charge in [-0.15, -0.1) is 0 Å². The van der Waals surface area contributed by atoms with Gasteiger partial charge in [0.05, 0.1) is 12.1 Å². The normalized spacial score (nSPS) is 20.1. The lowest BCUT2D eigenvalue weighted by atomic mass is 10.1. The van der Waals surface area contributed by atoms with Crippen LogP contribution in [0.15, 0.2) is 24.5 Å². The Balaban J connectivity index is 1.91. The van der Waals surface area contributed by atoms with Crippen LogP contribution in [-0.2, 0) is 9.59 Å². The van der Waals surface area contributed by atoms with Gasteiger partial charge in [0.15, 0.2) is 6.10 Å². The van der Waals surface area contributed by atoms with Gasteiger partial charge in [-0.25, -0.2) is 0 Å². The Labute approximate surface area is 111 Å². The molecule has 2 heterocycles. The van der Waals surface area contributed by atoms with E-state index in [0.29, 0.717) is 18.7 Å². The second-order valence-corrected chi connectivity index (χ2v) is 4.56. The van der Waals surface area contributed by atoms with E-state index in [2.05, 4.69) is 4.98 Å². The van der Waals surface area contributed by atoms with Gasteiger partial charge >= 0.3 is 5.97 Å². The molecule has 0 aromatic carbocycles. The second-order valence-electron chi connectivity index (χ2n) is 4.56. The lowest BCUT2D eigenvalue weighted by molar-refractivity contribution is -0.142. The monoisotopic (exact) mass is 264 g/mol. The van der Waals surface area contributed by atoms with E-state index in [0.717, 1.165) is 0 Å². The van der Waals surface area contributed by atoms with Gasteiger partial charge in [-0.1, -0.05) is 0 Å². The van der Waals surface area contributed by atoms with Crippen LogP contribution in [0.5, 0.6) is 5.75 Å². The number of rotatable bonds is 4. The Morgan fingerprint density at radius 3 is 2.95 bits per heavy atom. The molecule has 1 fully saturated rings. The van der Waals surface area contributed by atoms with Gasteiger partial charge in [-0.2, -0.15) is 0 Å². The van der Waals surface area contributed by atoms with Crippen LogP contribution >= 0.6 is 0 Å². The summed E-state index contributed by atoms with van der Waals surface area (Å²) in [6, 6.07) is 3.45. The molecule has 1 aromatic heterocycles. The van der Waals surface area contributed by atoms with Crippen LogP contribution in [-0.4, -0.2) is 46.1 Å². The van der Waals surface area contributed by atoms with Crippen molar-refractivity contribution in [1.82, 2.24) is 9.88 Å². The SMILES string of the molecule is C[C@@H](Oc1cccnc1)C(=O)N1CC[C@@H](C(=O)O)C1. The van der Waals surface area contributed by atoms with Crippen molar-refractivity contribution in [3.63, 3.8) is 0 Å². The first-order chi connectivity index (χ1) is 9.08. The largest absolute Gasteiger partial charge is 0.481 e. The average Bonchev–Trinajstić information content (AvgIpc) is 2.88. The fourth-order valence-corrected chi connectivity index (χ4v) is 2.09. The number of nitrogens with zero attached hydrogens (tertiary/aromatic N) is 2. The molecule has 2 rings (SSSR count). The number of aliphatic carboxylic acids is 1. The number of carbonyl (C=O) groups excluding carboxylic acids is 1. The van der Waals surface area contributed by atoms with Crippen molar-refractivity contribution in [1.29, 1.82) is 0 Å². The second kappa shape index (κ2) is 5.69. The molecule has 1 aromatic rings. The van der Waals surface area contributed by atoms with Gasteiger partial charge < -0.3 is 14.7 Å². The summed E-state index contributed by atoms with van der Waals surface area (Å²) in [5.41, 5.74) is 0. The lowest BCUT2D eigenvalue weighted by Crippen LogP contribution is -2.39. The fourth-order valence-electron chi connectivity index (χ4n) is 2.09. The van der Waals surface area contributed by atoms with E-state index in [1.54, 1.807) is 30.2 Å². The summed E-state index contributed by atoms with van der Waals surface area (Å²) in [6.07, 6.45) is 3.02. The van der Waals surface area contributed by atoms with Crippen molar-refractivity contribution in [3.8, 4) is 5.75 Å². The van der Waals surface area contributed by atoms with Gasteiger partial charge in [0.2, 0.25) is 0 Å². The molecule has 1 N–H and O–H groups in total. The smallest absolute Gasteiger partial charge is 0.308 e. The third-order valence-electron chi connectivity index (χ3n) is 3.14. The molecule has 0 unspecified atom stereocenters. The minimum atomic E-state index is -0.851. The highest BCUT2D eigenvalue weighted by atomic mass is 16.5. The highest BCUT2D eigenvalue weighted by Crippen LogP contribution is 2.18. The third kappa shape index (κ3) is 3.21. The Kier molecular flexibility index (Phi) is 3.99. The average molecular weight is 264 g/mol. The van der Waals surface area contributed by atoms with Crippen molar-refractivity contribution in [2.24, 2.45) is 5.92 Å². The molecule has 1 amide bonds. The molecule has 0 aliphatic carbocycles. The van der Waals surface area contributed by atoms with Crippen molar-refractivity contribution in [2.45, 2.75) is 19.4 Å². The van der Waals surface area contributed by atoms with Crippen LogP contribution in [0.4, 0.5) is 0 Å². The first-order valence-electron chi connectivity index (χ1n) is 6.16. The minimum Gasteiger partial charge on any atom is -0.481 e. The number of hydrogen-bond donors (Lipinski definition) is 1. The number of amides is 1. The Bertz CT molecular complexity index is 463. The molecule has 102 valence electrons. The molecule has 0 bridgehead atoms. The molecule has 0 saturated carbocycles. The van der Waals surface area contributed by atoms with Gasteiger partial charge in [0.1, 0.15) is 5.75 Å². The number of aromatic nitrogens is 1. The zero-order chi connectivity index (χ0) is 13.8. The molecular formula is C13H16N2O4. The summed E-state index contributed by atoms with van der Waals surface area (Å²) in [7, 11) is 0. The van der Waals surface area contributed by atoms with Gasteiger partial charge in [-0.3, -0.25) is 14.6 Å². The lowest BCUT2D eigenvalue weighted by Gasteiger charge is -2.21. The summed E-state index contributed by atoms with van der Waals surface area (Å²) in [5, 5.41) is 8.91. The molecule has 1 aliphatic rings. The summed E-state index contributed by atoms with van der Waals surface area (Å²) < 4.78 is 5.48. The number of pyridine rings is 1. The van der Waals surface area contributed by atoms with E-state index in [1.807, 2.05) is 0 Å². The van der Waals surface area contributed by atoms with Gasteiger partial charge in [-0.05, 0) is 25.5 Å². The van der Waals surface area contributed by atoms with E-state index >= 15 is 0 Å². The highest BCUT2D eigenvalue weighted by molar-refractivity contribution is 5.82. The molecule has 2 atom stereocenters. The molecule has 19 heavy (non-hydrogen) atoms. The predicted octanol–water partition coefficient (Wildman–Crippen LogP) is 0.782. The Hall–Kier alpha value is -2.11. The van der Waals surface area contributed by atoms with Gasteiger partial charge in [0, 0.05) is 19.3 Å². The molecule has 6 nitrogen and oxygen atoms in total. The summed E-state index contributed by atoms with van der Waals surface area (Å²) in [6.45, 7) is 2.38. The standard InChI is InChI=1S/C13H16N2O4/c1-9(19-11-3-2-5-14-7-11)12(16)15-6-4-10(8-15)13(17)18/h2-3,5,7,9-10H,4,6,8H2,1H3,(H,17,18)/t9-,10-/m1/s1. The zero-order valence-corrected chi connectivity index (χ0v) is 10.7. The number of likely N-dealkylation sites (tertiary alicyclic amines) is 1. The first kappa shape index (κ1) is 13.3. The summed E-state index contributed by atoms with van der Waals surface area (Å²) >= 11 is 0. The van der Waals surface area contributed by atoms with E-state index < -0.39 is 18.0 Å². The molecule has 1 aliphatic heterocycles. The van der Waals surface area contributed by atoms with Crippen molar-refractivity contribution < 1.29 is 19.4 Å². The molecular weight excluding hydrogens is 248 g/mol. The van der Waals surface area contributed by atoms with Crippen molar-refractivity contribution in [2.75, 3.05) is 13.1 Å². The van der Waals surface area contributed by atoms with Crippen LogP contribution in [0.25, 0.3) is 0 Å². The zero-order valence-electron chi connectivity index (χ0n) is 10.7. The quantitative estimate of drug-likeness (QED) is 0.869. The van der Waals surface area contributed by atoms with Crippen molar-refractivity contribution >= 4 is 11.9 Å². The van der Waals surface area contributed by atoms with Gasteiger partial charge in [0.25, 0.3) is 5.91 Å². The number of hydrogen-bond acceptors (Lipinski definition) is 4. The van der Waals surface area contributed by atoms with Crippen LogP contribution in [0.2, 0.25) is 0 Å². The van der Waals surface area contributed by atoms with Crippen LogP contribution in [0, 0.1) is 5.92 Å². The Morgan fingerprint density at radius 1 is 1.58 bits per heavy atom. The van der Waals surface area contributed by atoms with E-state index in [9.17, 15) is 9.59 Å². The maximum absolute atomic E-state index is 12.1. The van der Waals surface area contributed by atoms with Crippen molar-refractivity contribution in [3.05, 3.63) is 24.5 Å². The highest BCUT2D eigenvalue weighted by Gasteiger charge is 2.33. The Morgan fingerprint density at radius 2 is 2.37 bits per heavy atom. The van der Waals surface area contributed by atoms with Crippen LogP contribution in [0.3, 0.4) is 0 Å². The first-order valence-corrected chi connectivity index (χ1v) is 6.16. The molecule has 6 heteroatoms. The van der Waals surface area contributed by atoms with E-state index in [-0.39, 0.29) is 12.5 Å². The number of carboxylic acid groups (broad SMARTS) is 1. The summed E-state index contributed by atoms with van der Waals surface area (Å²) in [5.74, 6) is -0.976. The minimum absolute atomic E-state index is 0.187. The van der Waals surface area contributed by atoms with Crippen LogP contribution < -0.4 is 4.74 Å². The fraction of sp³-hybridized carbons (Fsp3) is 0.462.